The Kier molecular flexibility index (Phi) is 3.26. The summed E-state index contributed by atoms with van der Waals surface area (Å²) in [5.74, 6) is -0.195. The Balaban J connectivity index is 2.33. The van der Waals surface area contributed by atoms with E-state index in [2.05, 4.69) is 5.10 Å². The van der Waals surface area contributed by atoms with Crippen molar-refractivity contribution in [1.29, 1.82) is 0 Å². The van der Waals surface area contributed by atoms with Gasteiger partial charge in [-0.15, -0.1) is 0 Å². The average Bonchev–Trinajstić information content (AvgIpc) is 2.61. The Labute approximate surface area is 102 Å². The molecule has 0 unspecified atom stereocenters. The SMILES string of the molecule is Cn1ncc([N+](=O)[O-])c1N1CCCC(=O)[C@@H](F)C1. The molecular weight excluding hydrogens is 243 g/mol. The second-order valence-corrected chi connectivity index (χ2v) is 4.22. The van der Waals surface area contributed by atoms with Gasteiger partial charge in [0, 0.05) is 20.0 Å². The summed E-state index contributed by atoms with van der Waals surface area (Å²) in [4.78, 5) is 23.1. The Morgan fingerprint density at radius 3 is 3.00 bits per heavy atom. The molecule has 1 fully saturated rings. The number of anilines is 1. The van der Waals surface area contributed by atoms with Crippen LogP contribution in [0, 0.1) is 10.1 Å². The maximum atomic E-state index is 13.6. The van der Waals surface area contributed by atoms with E-state index in [1.54, 1.807) is 7.05 Å². The maximum Gasteiger partial charge on any atom is 0.331 e. The summed E-state index contributed by atoms with van der Waals surface area (Å²) >= 11 is 0. The van der Waals surface area contributed by atoms with Crippen molar-refractivity contribution in [3.05, 3.63) is 16.3 Å². The summed E-state index contributed by atoms with van der Waals surface area (Å²) in [5.41, 5.74) is -0.168. The van der Waals surface area contributed by atoms with Crippen LogP contribution < -0.4 is 4.90 Å². The standard InChI is InChI=1S/C10H13FN4O3/c1-13-10(8(5-12-13)15(17)18)14-4-2-3-9(16)7(11)6-14/h5,7H,2-4,6H2,1H3/t7-/m0/s1. The number of aromatic nitrogens is 2. The van der Waals surface area contributed by atoms with Crippen molar-refractivity contribution >= 4 is 17.3 Å². The lowest BCUT2D eigenvalue weighted by Gasteiger charge is -2.21. The minimum atomic E-state index is -1.60. The number of hydrogen-bond acceptors (Lipinski definition) is 5. The van der Waals surface area contributed by atoms with Crippen LogP contribution in [0.2, 0.25) is 0 Å². The normalized spacial score (nSPS) is 20.9. The van der Waals surface area contributed by atoms with Gasteiger partial charge >= 0.3 is 5.69 Å². The van der Waals surface area contributed by atoms with Crippen LogP contribution in [0.3, 0.4) is 0 Å². The van der Waals surface area contributed by atoms with Crippen LogP contribution in [0.1, 0.15) is 12.8 Å². The molecule has 0 bridgehead atoms. The van der Waals surface area contributed by atoms with Crippen molar-refractivity contribution < 1.29 is 14.1 Å². The molecule has 8 heteroatoms. The van der Waals surface area contributed by atoms with Gasteiger partial charge in [0.15, 0.2) is 12.0 Å². The third kappa shape index (κ3) is 2.18. The highest BCUT2D eigenvalue weighted by atomic mass is 19.1. The third-order valence-electron chi connectivity index (χ3n) is 2.97. The third-order valence-corrected chi connectivity index (χ3v) is 2.97. The fraction of sp³-hybridized carbons (Fsp3) is 0.600. The average molecular weight is 256 g/mol. The van der Waals surface area contributed by atoms with Gasteiger partial charge in [0.2, 0.25) is 5.82 Å². The molecule has 7 nitrogen and oxygen atoms in total. The Morgan fingerprint density at radius 2 is 2.33 bits per heavy atom. The van der Waals surface area contributed by atoms with Gasteiger partial charge in [-0.05, 0) is 6.42 Å². The van der Waals surface area contributed by atoms with Crippen molar-refractivity contribution in [2.45, 2.75) is 19.0 Å². The highest BCUT2D eigenvalue weighted by Gasteiger charge is 2.30. The molecule has 18 heavy (non-hydrogen) atoms. The molecule has 1 atom stereocenters. The molecule has 0 aromatic carbocycles. The molecule has 98 valence electrons. The van der Waals surface area contributed by atoms with E-state index in [0.717, 1.165) is 6.20 Å². The van der Waals surface area contributed by atoms with Crippen molar-refractivity contribution in [1.82, 2.24) is 9.78 Å². The van der Waals surface area contributed by atoms with E-state index in [0.29, 0.717) is 13.0 Å². The zero-order valence-electron chi connectivity index (χ0n) is 9.87. The number of carbonyl (C=O) groups is 1. The summed E-state index contributed by atoms with van der Waals surface area (Å²) in [7, 11) is 1.56. The summed E-state index contributed by atoms with van der Waals surface area (Å²) in [6.07, 6.45) is 0.196. The smallest absolute Gasteiger partial charge is 0.331 e. The Bertz CT molecular complexity index is 487. The van der Waals surface area contributed by atoms with Crippen molar-refractivity contribution in [3.63, 3.8) is 0 Å². The van der Waals surface area contributed by atoms with Crippen LogP contribution in [0.4, 0.5) is 15.9 Å². The fourth-order valence-electron chi connectivity index (χ4n) is 2.09. The first-order valence-electron chi connectivity index (χ1n) is 5.59. The van der Waals surface area contributed by atoms with Gasteiger partial charge in [0.1, 0.15) is 6.20 Å². The van der Waals surface area contributed by atoms with Gasteiger partial charge < -0.3 is 4.90 Å². The number of Topliss-reactive ketones (excluding diaryl/α,β-unsaturated/α-hetero) is 1. The predicted molar refractivity (Wildman–Crippen MR) is 61.2 cm³/mol. The van der Waals surface area contributed by atoms with Crippen molar-refractivity contribution in [2.24, 2.45) is 7.05 Å². The van der Waals surface area contributed by atoms with Crippen LogP contribution in [0.15, 0.2) is 6.20 Å². The lowest BCUT2D eigenvalue weighted by molar-refractivity contribution is -0.384. The molecule has 1 aromatic heterocycles. The monoisotopic (exact) mass is 256 g/mol. The van der Waals surface area contributed by atoms with Crippen LogP contribution in [-0.2, 0) is 11.8 Å². The lowest BCUT2D eigenvalue weighted by atomic mass is 10.2. The number of hydrogen-bond donors (Lipinski definition) is 0. The number of rotatable bonds is 2. The number of alkyl halides is 1. The van der Waals surface area contributed by atoms with E-state index in [9.17, 15) is 19.3 Å². The molecule has 0 spiro atoms. The van der Waals surface area contributed by atoms with E-state index in [1.165, 1.54) is 9.58 Å². The first-order valence-corrected chi connectivity index (χ1v) is 5.59. The summed E-state index contributed by atoms with van der Waals surface area (Å²) < 4.78 is 14.9. The zero-order valence-corrected chi connectivity index (χ0v) is 9.87. The quantitative estimate of drug-likeness (QED) is 0.578. The maximum absolute atomic E-state index is 13.6. The summed E-state index contributed by atoms with van der Waals surface area (Å²) in [6, 6.07) is 0. The number of nitro groups is 1. The Morgan fingerprint density at radius 1 is 1.61 bits per heavy atom. The number of halogens is 1. The first kappa shape index (κ1) is 12.5. The minimum absolute atomic E-state index is 0.154. The second kappa shape index (κ2) is 4.71. The van der Waals surface area contributed by atoms with Gasteiger partial charge in [0.25, 0.3) is 0 Å². The summed E-state index contributed by atoms with van der Waals surface area (Å²) in [6.45, 7) is 0.256. The first-order chi connectivity index (χ1) is 8.50. The molecular formula is C10H13FN4O3. The number of aryl methyl sites for hydroxylation is 1. The number of nitrogens with zero attached hydrogens (tertiary/aromatic N) is 4. The molecule has 2 heterocycles. The van der Waals surface area contributed by atoms with E-state index in [-0.39, 0.29) is 24.5 Å². The molecule has 0 aliphatic carbocycles. The minimum Gasteiger partial charge on any atom is -0.348 e. The van der Waals surface area contributed by atoms with Crippen LogP contribution in [-0.4, -0.2) is 39.7 Å². The van der Waals surface area contributed by atoms with Gasteiger partial charge in [-0.2, -0.15) is 5.10 Å². The number of carbonyl (C=O) groups excluding carboxylic acids is 1. The van der Waals surface area contributed by atoms with Crippen molar-refractivity contribution in [2.75, 3.05) is 18.0 Å². The van der Waals surface area contributed by atoms with Gasteiger partial charge in [0.05, 0.1) is 11.5 Å². The van der Waals surface area contributed by atoms with Crippen LogP contribution >= 0.6 is 0 Å². The molecule has 0 amide bonds. The highest BCUT2D eigenvalue weighted by Crippen LogP contribution is 2.28. The van der Waals surface area contributed by atoms with Gasteiger partial charge in [-0.25, -0.2) is 9.07 Å². The molecule has 1 saturated heterocycles. The van der Waals surface area contributed by atoms with E-state index in [1.807, 2.05) is 0 Å². The molecule has 0 saturated carbocycles. The topological polar surface area (TPSA) is 81.3 Å². The van der Waals surface area contributed by atoms with E-state index < -0.39 is 16.9 Å². The van der Waals surface area contributed by atoms with Crippen molar-refractivity contribution in [3.8, 4) is 0 Å². The van der Waals surface area contributed by atoms with E-state index >= 15 is 0 Å². The summed E-state index contributed by atoms with van der Waals surface area (Å²) in [5, 5.41) is 14.7. The molecule has 0 radical (unpaired) electrons. The molecule has 1 aliphatic heterocycles. The Hall–Kier alpha value is -1.99. The molecule has 1 aliphatic rings. The van der Waals surface area contributed by atoms with Crippen LogP contribution in [0.25, 0.3) is 0 Å². The lowest BCUT2D eigenvalue weighted by Crippen LogP contribution is -2.33. The largest absolute Gasteiger partial charge is 0.348 e. The zero-order chi connectivity index (χ0) is 13.3. The van der Waals surface area contributed by atoms with Crippen LogP contribution in [0.5, 0.6) is 0 Å². The second-order valence-electron chi connectivity index (χ2n) is 4.22. The molecule has 1 aromatic rings. The molecule has 2 rings (SSSR count). The fourth-order valence-corrected chi connectivity index (χ4v) is 2.09. The van der Waals surface area contributed by atoms with Gasteiger partial charge in [-0.3, -0.25) is 14.9 Å². The highest BCUT2D eigenvalue weighted by molar-refractivity contribution is 5.84. The number of ketones is 1. The predicted octanol–water partition coefficient (Wildman–Crippen LogP) is 0.836. The van der Waals surface area contributed by atoms with E-state index in [4.69, 9.17) is 0 Å². The van der Waals surface area contributed by atoms with Gasteiger partial charge in [-0.1, -0.05) is 0 Å². The molecule has 0 N–H and O–H groups in total.